The molecule has 0 aliphatic carbocycles. The zero-order chi connectivity index (χ0) is 10.2. The van der Waals surface area contributed by atoms with Crippen molar-refractivity contribution >= 4 is 10.3 Å². The Balaban J connectivity index is 2.29. The van der Waals surface area contributed by atoms with Crippen molar-refractivity contribution in [2.45, 2.75) is 6.42 Å². The van der Waals surface area contributed by atoms with Crippen LogP contribution in [0.3, 0.4) is 0 Å². The number of rotatable bonds is 2. The zero-order valence-electron chi connectivity index (χ0n) is 7.26. The van der Waals surface area contributed by atoms with Gasteiger partial charge < -0.3 is 8.92 Å². The number of fused-ring (bicyclic) bond motifs is 1. The van der Waals surface area contributed by atoms with Crippen molar-refractivity contribution < 1.29 is 17.3 Å². The number of benzene rings is 1. The third-order valence-corrected chi connectivity index (χ3v) is 2.30. The molecule has 0 saturated heterocycles. The second-order valence-corrected chi connectivity index (χ2v) is 4.10. The fourth-order valence-corrected chi connectivity index (χ4v) is 1.72. The highest BCUT2D eigenvalue weighted by Crippen LogP contribution is 2.29. The van der Waals surface area contributed by atoms with Crippen LogP contribution in [0.4, 0.5) is 0 Å². The molecule has 1 aromatic carbocycles. The summed E-state index contributed by atoms with van der Waals surface area (Å²) >= 11 is 0. The highest BCUT2D eigenvalue weighted by molar-refractivity contribution is 7.84. The highest BCUT2D eigenvalue weighted by Gasteiger charge is 2.14. The number of hydrogen-bond acceptors (Lipinski definition) is 4. The molecule has 6 heteroatoms. The molecule has 0 fully saturated rings. The molecule has 1 heterocycles. The molecule has 0 unspecified atom stereocenters. The maximum Gasteiger partial charge on any atom is 0.380 e. The van der Waals surface area contributed by atoms with E-state index < -0.39 is 10.3 Å². The van der Waals surface area contributed by atoms with E-state index in [1.54, 1.807) is 12.1 Å². The van der Waals surface area contributed by atoms with Gasteiger partial charge in [-0.1, -0.05) is 0 Å². The summed E-state index contributed by atoms with van der Waals surface area (Å²) < 4.78 is 31.0. The monoisotopic (exact) mass is 215 g/mol. The number of hydrogen-bond donors (Lipinski definition) is 1. The van der Waals surface area contributed by atoms with Crippen LogP contribution in [0.1, 0.15) is 5.56 Å². The van der Waals surface area contributed by atoms with Crippen molar-refractivity contribution in [2.75, 3.05) is 6.61 Å². The molecule has 0 spiro atoms. The Morgan fingerprint density at radius 2 is 2.21 bits per heavy atom. The van der Waals surface area contributed by atoms with Crippen molar-refractivity contribution in [3.63, 3.8) is 0 Å². The van der Waals surface area contributed by atoms with Gasteiger partial charge in [-0.05, 0) is 18.2 Å². The van der Waals surface area contributed by atoms with Crippen LogP contribution in [0.2, 0.25) is 0 Å². The third-order valence-electron chi connectivity index (χ3n) is 1.87. The maximum absolute atomic E-state index is 10.6. The molecule has 5 nitrogen and oxygen atoms in total. The van der Waals surface area contributed by atoms with E-state index >= 15 is 0 Å². The summed E-state index contributed by atoms with van der Waals surface area (Å²) in [7, 11) is -3.94. The average Bonchev–Trinajstić information content (AvgIpc) is 2.47. The van der Waals surface area contributed by atoms with Gasteiger partial charge in [0.05, 0.1) is 6.61 Å². The van der Waals surface area contributed by atoms with Gasteiger partial charge in [0.25, 0.3) is 0 Å². The minimum Gasteiger partial charge on any atom is -0.493 e. The Bertz CT molecular complexity index is 454. The molecule has 14 heavy (non-hydrogen) atoms. The van der Waals surface area contributed by atoms with Crippen LogP contribution in [0.15, 0.2) is 18.2 Å². The van der Waals surface area contributed by atoms with Crippen molar-refractivity contribution in [2.24, 2.45) is 5.14 Å². The van der Waals surface area contributed by atoms with E-state index in [0.29, 0.717) is 6.61 Å². The van der Waals surface area contributed by atoms with Gasteiger partial charge >= 0.3 is 10.3 Å². The molecule has 2 N–H and O–H groups in total. The van der Waals surface area contributed by atoms with E-state index in [1.807, 2.05) is 0 Å². The molecular weight excluding hydrogens is 206 g/mol. The third kappa shape index (κ3) is 1.97. The molecule has 0 amide bonds. The topological polar surface area (TPSA) is 78.6 Å². The molecular formula is C8H9NO4S. The van der Waals surface area contributed by atoms with Crippen LogP contribution < -0.4 is 14.1 Å². The SMILES string of the molecule is NS(=O)(=O)Oc1ccc2c(c1)CCO2. The minimum atomic E-state index is -3.94. The lowest BCUT2D eigenvalue weighted by Crippen LogP contribution is -2.18. The number of nitrogens with two attached hydrogens (primary N) is 1. The first-order valence-corrected chi connectivity index (χ1v) is 5.50. The van der Waals surface area contributed by atoms with Gasteiger partial charge in [0.15, 0.2) is 0 Å². The smallest absolute Gasteiger partial charge is 0.380 e. The van der Waals surface area contributed by atoms with E-state index in [4.69, 9.17) is 9.88 Å². The van der Waals surface area contributed by atoms with Crippen molar-refractivity contribution in [1.29, 1.82) is 0 Å². The van der Waals surface area contributed by atoms with Crippen molar-refractivity contribution in [3.8, 4) is 11.5 Å². The molecule has 0 bridgehead atoms. The largest absolute Gasteiger partial charge is 0.493 e. The molecule has 0 atom stereocenters. The number of ether oxygens (including phenoxy) is 1. The predicted molar refractivity (Wildman–Crippen MR) is 49.4 cm³/mol. The standard InChI is InChI=1S/C8H9NO4S/c9-14(10,11)13-7-1-2-8-6(5-7)3-4-12-8/h1-2,5H,3-4H2,(H2,9,10,11). The van der Waals surface area contributed by atoms with Crippen molar-refractivity contribution in [3.05, 3.63) is 23.8 Å². The molecule has 1 aliphatic heterocycles. The van der Waals surface area contributed by atoms with Gasteiger partial charge in [-0.25, -0.2) is 0 Å². The lowest BCUT2D eigenvalue weighted by molar-refractivity contribution is 0.356. The summed E-state index contributed by atoms with van der Waals surface area (Å²) in [5.74, 6) is 0.989. The van der Waals surface area contributed by atoms with Gasteiger partial charge in [-0.3, -0.25) is 0 Å². The first kappa shape index (κ1) is 9.29. The van der Waals surface area contributed by atoms with Crippen LogP contribution in [0.25, 0.3) is 0 Å². The van der Waals surface area contributed by atoms with Crippen LogP contribution in [0, 0.1) is 0 Å². The minimum absolute atomic E-state index is 0.219. The summed E-state index contributed by atoms with van der Waals surface area (Å²) in [6.45, 7) is 0.619. The second kappa shape index (κ2) is 3.14. The van der Waals surface area contributed by atoms with E-state index in [-0.39, 0.29) is 5.75 Å². The summed E-state index contributed by atoms with van der Waals surface area (Å²) in [5, 5.41) is 4.73. The Morgan fingerprint density at radius 3 is 2.93 bits per heavy atom. The summed E-state index contributed by atoms with van der Waals surface area (Å²) in [6.07, 6.45) is 0.761. The van der Waals surface area contributed by atoms with E-state index in [1.165, 1.54) is 6.07 Å². The lowest BCUT2D eigenvalue weighted by Gasteiger charge is -2.03. The van der Waals surface area contributed by atoms with Crippen molar-refractivity contribution in [1.82, 2.24) is 0 Å². The first-order valence-electron chi connectivity index (χ1n) is 4.02. The normalized spacial score (nSPS) is 14.6. The van der Waals surface area contributed by atoms with E-state index in [2.05, 4.69) is 4.18 Å². The highest BCUT2D eigenvalue weighted by atomic mass is 32.2. The Labute approximate surface area is 81.7 Å². The van der Waals surface area contributed by atoms with E-state index in [9.17, 15) is 8.42 Å². The molecule has 2 rings (SSSR count). The lowest BCUT2D eigenvalue weighted by atomic mass is 10.2. The quantitative estimate of drug-likeness (QED) is 0.764. The molecule has 1 aromatic rings. The maximum atomic E-state index is 10.6. The van der Waals surface area contributed by atoms with Gasteiger partial charge in [-0.15, -0.1) is 0 Å². The first-order chi connectivity index (χ1) is 6.54. The van der Waals surface area contributed by atoms with Crippen LogP contribution in [-0.2, 0) is 16.7 Å². The van der Waals surface area contributed by atoms with E-state index in [0.717, 1.165) is 17.7 Å². The van der Waals surface area contributed by atoms with Gasteiger partial charge in [0.1, 0.15) is 11.5 Å². The predicted octanol–water partition coefficient (Wildman–Crippen LogP) is 0.204. The van der Waals surface area contributed by atoms with Crippen LogP contribution in [-0.4, -0.2) is 15.0 Å². The summed E-state index contributed by atoms with van der Waals surface area (Å²) in [6, 6.07) is 4.80. The summed E-state index contributed by atoms with van der Waals surface area (Å²) in [4.78, 5) is 0. The molecule has 0 saturated carbocycles. The summed E-state index contributed by atoms with van der Waals surface area (Å²) in [5.41, 5.74) is 0.936. The van der Waals surface area contributed by atoms with Crippen LogP contribution >= 0.6 is 0 Å². The van der Waals surface area contributed by atoms with Gasteiger partial charge in [-0.2, -0.15) is 13.6 Å². The Morgan fingerprint density at radius 1 is 1.43 bits per heavy atom. The van der Waals surface area contributed by atoms with Crippen LogP contribution in [0.5, 0.6) is 11.5 Å². The second-order valence-electron chi connectivity index (χ2n) is 2.94. The average molecular weight is 215 g/mol. The fourth-order valence-electron chi connectivity index (χ4n) is 1.35. The van der Waals surface area contributed by atoms with Gasteiger partial charge in [0.2, 0.25) is 0 Å². The Kier molecular flexibility index (Phi) is 2.09. The molecule has 0 radical (unpaired) electrons. The molecule has 1 aliphatic rings. The molecule has 76 valence electrons. The zero-order valence-corrected chi connectivity index (χ0v) is 8.08. The fraction of sp³-hybridized carbons (Fsp3) is 0.250. The molecule has 0 aromatic heterocycles. The van der Waals surface area contributed by atoms with Gasteiger partial charge in [0, 0.05) is 12.0 Å². The Hall–Kier alpha value is -1.27.